The Morgan fingerprint density at radius 1 is 1.04 bits per heavy atom. The molecule has 0 bridgehead atoms. The summed E-state index contributed by atoms with van der Waals surface area (Å²) < 4.78 is 52.4. The van der Waals surface area contributed by atoms with Gasteiger partial charge in [0.1, 0.15) is 0 Å². The molecule has 2 aromatic rings. The van der Waals surface area contributed by atoms with Crippen LogP contribution in [0.2, 0.25) is 5.02 Å². The van der Waals surface area contributed by atoms with Gasteiger partial charge in [0.2, 0.25) is 9.84 Å². The zero-order valence-electron chi connectivity index (χ0n) is 14.4. The Kier molecular flexibility index (Phi) is 7.47. The lowest BCUT2D eigenvalue weighted by Crippen LogP contribution is -2.30. The van der Waals surface area contributed by atoms with Crippen molar-refractivity contribution in [2.45, 2.75) is 17.1 Å². The molecule has 0 radical (unpaired) electrons. The molecule has 2 rings (SSSR count). The number of sulfone groups is 1. The number of hydrogen-bond donors (Lipinski definition) is 1. The Labute approximate surface area is 165 Å². The molecule has 10 heteroatoms. The minimum Gasteiger partial charge on any atom is -0.452 e. The van der Waals surface area contributed by atoms with Crippen molar-refractivity contribution in [3.8, 4) is 0 Å². The van der Waals surface area contributed by atoms with E-state index in [0.29, 0.717) is 18.0 Å². The molecule has 1 amide bonds. The molecule has 0 heterocycles. The highest BCUT2D eigenvalue weighted by molar-refractivity contribution is 7.91. The van der Waals surface area contributed by atoms with Crippen molar-refractivity contribution in [2.24, 2.45) is 0 Å². The maximum Gasteiger partial charge on any atom is 0.341 e. The highest BCUT2D eigenvalue weighted by Crippen LogP contribution is 2.18. The van der Waals surface area contributed by atoms with E-state index < -0.39 is 39.0 Å². The predicted octanol–water partition coefficient (Wildman–Crippen LogP) is 2.85. The van der Waals surface area contributed by atoms with Crippen molar-refractivity contribution in [3.63, 3.8) is 0 Å². The summed E-state index contributed by atoms with van der Waals surface area (Å²) in [6, 6.07) is 11.0. The number of benzene rings is 2. The Hall–Kier alpha value is -2.52. The number of halogens is 3. The third kappa shape index (κ3) is 6.00. The predicted molar refractivity (Wildman–Crippen MR) is 98.1 cm³/mol. The fourth-order valence-corrected chi connectivity index (χ4v) is 2.99. The van der Waals surface area contributed by atoms with Crippen molar-refractivity contribution in [1.29, 1.82) is 0 Å². The van der Waals surface area contributed by atoms with E-state index in [1.54, 1.807) is 12.1 Å². The Balaban J connectivity index is 1.79. The van der Waals surface area contributed by atoms with Crippen LogP contribution in [0.4, 0.5) is 8.78 Å². The van der Waals surface area contributed by atoms with Gasteiger partial charge in [-0.1, -0.05) is 23.7 Å². The van der Waals surface area contributed by atoms with E-state index in [0.717, 1.165) is 29.8 Å². The number of rotatable bonds is 8. The van der Waals surface area contributed by atoms with E-state index in [-0.39, 0.29) is 5.56 Å². The van der Waals surface area contributed by atoms with Gasteiger partial charge in [-0.3, -0.25) is 4.79 Å². The molecule has 0 aromatic heterocycles. The molecule has 0 unspecified atom stereocenters. The van der Waals surface area contributed by atoms with Gasteiger partial charge in [-0.05, 0) is 48.4 Å². The lowest BCUT2D eigenvalue weighted by molar-refractivity contribution is -0.124. The SMILES string of the molecule is O=C(COC(=O)c1ccc(S(=O)(=O)C(F)F)cc1)NCCc1ccc(Cl)cc1. The first kappa shape index (κ1) is 21.8. The summed E-state index contributed by atoms with van der Waals surface area (Å²) in [5, 5.41) is 3.19. The zero-order chi connectivity index (χ0) is 20.7. The van der Waals surface area contributed by atoms with Crippen molar-refractivity contribution in [2.75, 3.05) is 13.2 Å². The van der Waals surface area contributed by atoms with Gasteiger partial charge in [-0.15, -0.1) is 0 Å². The summed E-state index contributed by atoms with van der Waals surface area (Å²) in [5.74, 6) is -4.95. The summed E-state index contributed by atoms with van der Waals surface area (Å²) in [6.07, 6.45) is 0.566. The van der Waals surface area contributed by atoms with Crippen LogP contribution in [0, 0.1) is 0 Å². The molecule has 0 atom stereocenters. The zero-order valence-corrected chi connectivity index (χ0v) is 16.0. The number of alkyl halides is 2. The molecular formula is C18H16ClF2NO5S. The fourth-order valence-electron chi connectivity index (χ4n) is 2.15. The minimum absolute atomic E-state index is 0.0674. The van der Waals surface area contributed by atoms with Crippen LogP contribution in [-0.4, -0.2) is 39.2 Å². The molecule has 0 saturated heterocycles. The smallest absolute Gasteiger partial charge is 0.341 e. The van der Waals surface area contributed by atoms with Gasteiger partial charge in [-0.25, -0.2) is 13.2 Å². The topological polar surface area (TPSA) is 89.5 Å². The molecule has 0 aliphatic heterocycles. The summed E-state index contributed by atoms with van der Waals surface area (Å²) in [7, 11) is -4.74. The van der Waals surface area contributed by atoms with Crippen molar-refractivity contribution < 1.29 is 31.5 Å². The molecule has 150 valence electrons. The first-order chi connectivity index (χ1) is 13.2. The number of esters is 1. The molecule has 0 aliphatic rings. The van der Waals surface area contributed by atoms with Crippen LogP contribution in [0.3, 0.4) is 0 Å². The standard InChI is InChI=1S/C18H16ClF2NO5S/c19-14-5-1-12(2-6-14)9-10-22-16(23)11-27-17(24)13-3-7-15(8-4-13)28(25,26)18(20)21/h1-8,18H,9-11H2,(H,22,23). The second-order valence-corrected chi connectivity index (χ2v) is 7.99. The quantitative estimate of drug-likeness (QED) is 0.649. The largest absolute Gasteiger partial charge is 0.452 e. The normalized spacial score (nSPS) is 11.3. The number of nitrogens with one attached hydrogen (secondary N) is 1. The number of hydrogen-bond acceptors (Lipinski definition) is 5. The van der Waals surface area contributed by atoms with E-state index in [2.05, 4.69) is 5.32 Å². The lowest BCUT2D eigenvalue weighted by atomic mass is 10.1. The minimum atomic E-state index is -4.74. The average molecular weight is 432 g/mol. The van der Waals surface area contributed by atoms with E-state index in [9.17, 15) is 26.8 Å². The third-order valence-electron chi connectivity index (χ3n) is 3.64. The molecule has 28 heavy (non-hydrogen) atoms. The van der Waals surface area contributed by atoms with Gasteiger partial charge in [0.25, 0.3) is 5.91 Å². The van der Waals surface area contributed by atoms with E-state index in [4.69, 9.17) is 16.3 Å². The Morgan fingerprint density at radius 3 is 2.21 bits per heavy atom. The molecule has 2 aromatic carbocycles. The van der Waals surface area contributed by atoms with Crippen molar-refractivity contribution in [3.05, 3.63) is 64.7 Å². The van der Waals surface area contributed by atoms with Crippen LogP contribution in [0.1, 0.15) is 15.9 Å². The van der Waals surface area contributed by atoms with Gasteiger partial charge in [-0.2, -0.15) is 8.78 Å². The van der Waals surface area contributed by atoms with Crippen LogP contribution in [0.5, 0.6) is 0 Å². The molecule has 0 fully saturated rings. The highest BCUT2D eigenvalue weighted by Gasteiger charge is 2.26. The first-order valence-corrected chi connectivity index (χ1v) is 9.93. The second-order valence-electron chi connectivity index (χ2n) is 5.63. The van der Waals surface area contributed by atoms with Gasteiger partial charge in [0.05, 0.1) is 10.5 Å². The van der Waals surface area contributed by atoms with Crippen LogP contribution in [-0.2, 0) is 25.8 Å². The van der Waals surface area contributed by atoms with E-state index >= 15 is 0 Å². The summed E-state index contributed by atoms with van der Waals surface area (Å²) in [6.45, 7) is -0.200. The van der Waals surface area contributed by atoms with Crippen molar-refractivity contribution >= 4 is 33.3 Å². The van der Waals surface area contributed by atoms with E-state index in [1.165, 1.54) is 0 Å². The maximum atomic E-state index is 12.5. The Bertz CT molecular complexity index is 931. The van der Waals surface area contributed by atoms with Crippen LogP contribution in [0.25, 0.3) is 0 Å². The van der Waals surface area contributed by atoms with Crippen LogP contribution in [0.15, 0.2) is 53.4 Å². The maximum absolute atomic E-state index is 12.5. The second kappa shape index (κ2) is 9.61. The summed E-state index contributed by atoms with van der Waals surface area (Å²) in [5.41, 5.74) is 0.905. The van der Waals surface area contributed by atoms with Crippen LogP contribution >= 0.6 is 11.6 Å². The monoisotopic (exact) mass is 431 g/mol. The average Bonchev–Trinajstić information content (AvgIpc) is 2.67. The molecule has 0 spiro atoms. The lowest BCUT2D eigenvalue weighted by Gasteiger charge is -2.08. The number of ether oxygens (including phenoxy) is 1. The van der Waals surface area contributed by atoms with Gasteiger partial charge < -0.3 is 10.1 Å². The molecule has 0 saturated carbocycles. The van der Waals surface area contributed by atoms with Crippen LogP contribution < -0.4 is 5.32 Å². The molecule has 1 N–H and O–H groups in total. The first-order valence-electron chi connectivity index (χ1n) is 8.00. The number of carbonyl (C=O) groups excluding carboxylic acids is 2. The van der Waals surface area contributed by atoms with Crippen molar-refractivity contribution in [1.82, 2.24) is 5.32 Å². The fraction of sp³-hybridized carbons (Fsp3) is 0.222. The molecule has 0 aliphatic carbocycles. The van der Waals surface area contributed by atoms with Gasteiger partial charge in [0.15, 0.2) is 6.61 Å². The Morgan fingerprint density at radius 2 is 1.64 bits per heavy atom. The summed E-state index contributed by atoms with van der Waals surface area (Å²) >= 11 is 5.78. The van der Waals surface area contributed by atoms with Gasteiger partial charge in [0, 0.05) is 11.6 Å². The summed E-state index contributed by atoms with van der Waals surface area (Å²) in [4.78, 5) is 23.0. The van der Waals surface area contributed by atoms with Gasteiger partial charge >= 0.3 is 11.7 Å². The van der Waals surface area contributed by atoms with E-state index in [1.807, 2.05) is 12.1 Å². The molecular weight excluding hydrogens is 416 g/mol. The highest BCUT2D eigenvalue weighted by atomic mass is 35.5. The number of carbonyl (C=O) groups is 2. The third-order valence-corrected chi connectivity index (χ3v) is 5.29. The number of amides is 1. The molecule has 6 nitrogen and oxygen atoms in total.